The highest BCUT2D eigenvalue weighted by atomic mass is 16.5. The Hall–Kier alpha value is -1.80. The molecule has 2 N–H and O–H groups in total. The lowest BCUT2D eigenvalue weighted by molar-refractivity contribution is 0.466. The number of hydrogen-bond donors (Lipinski definition) is 1. The second kappa shape index (κ2) is 7.28. The van der Waals surface area contributed by atoms with Crippen molar-refractivity contribution in [2.75, 3.05) is 0 Å². The Morgan fingerprint density at radius 2 is 1.71 bits per heavy atom. The van der Waals surface area contributed by atoms with Crippen molar-refractivity contribution in [3.05, 3.63) is 59.2 Å². The Kier molecular flexibility index (Phi) is 5.40. The SMILES string of the molecule is CCc1ccccc1Oc1ccc(C)cc1CC(N)CC. The summed E-state index contributed by atoms with van der Waals surface area (Å²) in [4.78, 5) is 0. The standard InChI is InChI=1S/C19H25NO/c1-4-15-8-6-7-9-18(15)21-19-11-10-14(3)12-16(19)13-17(20)5-2/h6-12,17H,4-5,13,20H2,1-3H3. The van der Waals surface area contributed by atoms with Crippen LogP contribution < -0.4 is 10.5 Å². The lowest BCUT2D eigenvalue weighted by Gasteiger charge is -2.16. The predicted molar refractivity (Wildman–Crippen MR) is 89.0 cm³/mol. The second-order valence-corrected chi connectivity index (χ2v) is 5.55. The molecule has 1 atom stereocenters. The van der Waals surface area contributed by atoms with Crippen molar-refractivity contribution in [3.63, 3.8) is 0 Å². The third-order valence-corrected chi connectivity index (χ3v) is 3.80. The van der Waals surface area contributed by atoms with E-state index in [9.17, 15) is 0 Å². The molecule has 0 radical (unpaired) electrons. The molecule has 0 saturated carbocycles. The van der Waals surface area contributed by atoms with Crippen LogP contribution in [-0.2, 0) is 12.8 Å². The molecule has 0 aliphatic rings. The van der Waals surface area contributed by atoms with Crippen LogP contribution in [0.4, 0.5) is 0 Å². The summed E-state index contributed by atoms with van der Waals surface area (Å²) in [7, 11) is 0. The summed E-state index contributed by atoms with van der Waals surface area (Å²) in [6.45, 7) is 6.36. The van der Waals surface area contributed by atoms with Crippen LogP contribution in [0.2, 0.25) is 0 Å². The summed E-state index contributed by atoms with van der Waals surface area (Å²) in [5, 5.41) is 0. The van der Waals surface area contributed by atoms with Gasteiger partial charge in [0.05, 0.1) is 0 Å². The maximum atomic E-state index is 6.18. The molecular formula is C19H25NO. The van der Waals surface area contributed by atoms with Gasteiger partial charge in [0.25, 0.3) is 0 Å². The normalized spacial score (nSPS) is 12.2. The van der Waals surface area contributed by atoms with E-state index in [4.69, 9.17) is 10.5 Å². The number of benzene rings is 2. The van der Waals surface area contributed by atoms with Crippen LogP contribution >= 0.6 is 0 Å². The largest absolute Gasteiger partial charge is 0.457 e. The van der Waals surface area contributed by atoms with Crippen molar-refractivity contribution >= 4 is 0 Å². The fourth-order valence-corrected chi connectivity index (χ4v) is 2.41. The van der Waals surface area contributed by atoms with Gasteiger partial charge in [-0.15, -0.1) is 0 Å². The van der Waals surface area contributed by atoms with Crippen LogP contribution in [-0.4, -0.2) is 6.04 Å². The highest BCUT2D eigenvalue weighted by Crippen LogP contribution is 2.30. The molecule has 1 unspecified atom stereocenters. The minimum Gasteiger partial charge on any atom is -0.457 e. The first-order valence-corrected chi connectivity index (χ1v) is 7.74. The van der Waals surface area contributed by atoms with E-state index in [1.54, 1.807) is 0 Å². The fourth-order valence-electron chi connectivity index (χ4n) is 2.41. The average molecular weight is 283 g/mol. The molecule has 2 rings (SSSR count). The topological polar surface area (TPSA) is 35.2 Å². The van der Waals surface area contributed by atoms with E-state index in [0.29, 0.717) is 0 Å². The van der Waals surface area contributed by atoms with Crippen molar-refractivity contribution in [1.82, 2.24) is 0 Å². The quantitative estimate of drug-likeness (QED) is 0.839. The van der Waals surface area contributed by atoms with Crippen LogP contribution in [0.3, 0.4) is 0 Å². The number of rotatable bonds is 6. The predicted octanol–water partition coefficient (Wildman–Crippen LogP) is 4.63. The summed E-state index contributed by atoms with van der Waals surface area (Å²) in [6.07, 6.45) is 2.78. The van der Waals surface area contributed by atoms with E-state index >= 15 is 0 Å². The number of aryl methyl sites for hydroxylation is 2. The number of hydrogen-bond acceptors (Lipinski definition) is 2. The zero-order valence-electron chi connectivity index (χ0n) is 13.2. The molecule has 21 heavy (non-hydrogen) atoms. The Morgan fingerprint density at radius 3 is 2.43 bits per heavy atom. The van der Waals surface area contributed by atoms with Gasteiger partial charge >= 0.3 is 0 Å². The van der Waals surface area contributed by atoms with Gasteiger partial charge in [-0.25, -0.2) is 0 Å². The molecule has 0 aromatic heterocycles. The van der Waals surface area contributed by atoms with Crippen molar-refractivity contribution in [1.29, 1.82) is 0 Å². The maximum Gasteiger partial charge on any atom is 0.130 e. The summed E-state index contributed by atoms with van der Waals surface area (Å²) in [5.74, 6) is 1.86. The number of nitrogens with two attached hydrogens (primary N) is 1. The Labute approximate surface area is 127 Å². The first-order chi connectivity index (χ1) is 10.1. The second-order valence-electron chi connectivity index (χ2n) is 5.55. The molecule has 2 aromatic rings. The van der Waals surface area contributed by atoms with E-state index in [-0.39, 0.29) is 6.04 Å². The highest BCUT2D eigenvalue weighted by molar-refractivity contribution is 5.43. The van der Waals surface area contributed by atoms with Crippen LogP contribution in [0, 0.1) is 6.92 Å². The molecule has 0 amide bonds. The van der Waals surface area contributed by atoms with Crippen LogP contribution in [0.25, 0.3) is 0 Å². The van der Waals surface area contributed by atoms with Gasteiger partial charge in [0.2, 0.25) is 0 Å². The van der Waals surface area contributed by atoms with E-state index in [1.165, 1.54) is 16.7 Å². The van der Waals surface area contributed by atoms with Crippen LogP contribution in [0.5, 0.6) is 11.5 Å². The molecule has 0 aliphatic carbocycles. The molecule has 0 aliphatic heterocycles. The van der Waals surface area contributed by atoms with Gasteiger partial charge in [-0.3, -0.25) is 0 Å². The monoisotopic (exact) mass is 283 g/mol. The van der Waals surface area contributed by atoms with Gasteiger partial charge in [-0.05, 0) is 49.4 Å². The van der Waals surface area contributed by atoms with Gasteiger partial charge < -0.3 is 10.5 Å². The summed E-state index contributed by atoms with van der Waals surface area (Å²) in [5.41, 5.74) is 9.77. The molecule has 0 heterocycles. The fraction of sp³-hybridized carbons (Fsp3) is 0.368. The van der Waals surface area contributed by atoms with Gasteiger partial charge in [0, 0.05) is 6.04 Å². The van der Waals surface area contributed by atoms with Gasteiger partial charge in [-0.1, -0.05) is 49.7 Å². The third-order valence-electron chi connectivity index (χ3n) is 3.80. The van der Waals surface area contributed by atoms with Gasteiger partial charge in [0.15, 0.2) is 0 Å². The van der Waals surface area contributed by atoms with Crippen molar-refractivity contribution in [2.24, 2.45) is 5.73 Å². The molecule has 0 bridgehead atoms. The van der Waals surface area contributed by atoms with E-state index < -0.39 is 0 Å². The van der Waals surface area contributed by atoms with Crippen LogP contribution in [0.1, 0.15) is 37.0 Å². The zero-order valence-corrected chi connectivity index (χ0v) is 13.2. The first-order valence-electron chi connectivity index (χ1n) is 7.74. The number of para-hydroxylation sites is 1. The smallest absolute Gasteiger partial charge is 0.130 e. The van der Waals surface area contributed by atoms with E-state index in [1.807, 2.05) is 12.1 Å². The lowest BCUT2D eigenvalue weighted by Crippen LogP contribution is -2.21. The van der Waals surface area contributed by atoms with E-state index in [0.717, 1.165) is 30.8 Å². The average Bonchev–Trinajstić information content (AvgIpc) is 2.50. The molecule has 2 nitrogen and oxygen atoms in total. The molecule has 0 spiro atoms. The molecule has 2 heteroatoms. The maximum absolute atomic E-state index is 6.18. The Balaban J connectivity index is 2.30. The van der Waals surface area contributed by atoms with Gasteiger partial charge in [0.1, 0.15) is 11.5 Å². The zero-order chi connectivity index (χ0) is 15.2. The van der Waals surface area contributed by atoms with Gasteiger partial charge in [-0.2, -0.15) is 0 Å². The minimum atomic E-state index is 0.176. The summed E-state index contributed by atoms with van der Waals surface area (Å²) < 4.78 is 6.18. The molecule has 0 saturated heterocycles. The summed E-state index contributed by atoms with van der Waals surface area (Å²) in [6, 6.07) is 14.7. The molecule has 0 fully saturated rings. The van der Waals surface area contributed by atoms with E-state index in [2.05, 4.69) is 51.1 Å². The van der Waals surface area contributed by atoms with Crippen LogP contribution in [0.15, 0.2) is 42.5 Å². The minimum absolute atomic E-state index is 0.176. The van der Waals surface area contributed by atoms with Crippen molar-refractivity contribution in [2.45, 2.75) is 46.1 Å². The Morgan fingerprint density at radius 1 is 1.00 bits per heavy atom. The first kappa shape index (κ1) is 15.6. The summed E-state index contributed by atoms with van der Waals surface area (Å²) >= 11 is 0. The third kappa shape index (κ3) is 4.08. The number of ether oxygens (including phenoxy) is 1. The molecular weight excluding hydrogens is 258 g/mol. The Bertz CT molecular complexity index is 592. The van der Waals surface area contributed by atoms with Crippen molar-refractivity contribution in [3.8, 4) is 11.5 Å². The molecule has 112 valence electrons. The lowest BCUT2D eigenvalue weighted by atomic mass is 10.0. The highest BCUT2D eigenvalue weighted by Gasteiger charge is 2.10. The van der Waals surface area contributed by atoms with Crippen molar-refractivity contribution < 1.29 is 4.74 Å². The molecule has 2 aromatic carbocycles.